The number of esters is 2. The fraction of sp³-hybridized carbons (Fsp3) is 0.776. The van der Waals surface area contributed by atoms with Gasteiger partial charge in [0, 0.05) is 19.3 Å². The van der Waals surface area contributed by atoms with Crippen LogP contribution in [-0.4, -0.2) is 80.6 Å². The minimum Gasteiger partial charge on any atom is -0.477 e. The SMILES string of the molecule is CCCCC/C=C/C/C=C/C/C=C/C/C=C/CCCCCCCC(=O)OCC(COCCC(C(=O)O)[N+](C)(C)C)OC(=O)CCCCCCCCC/C=C/CCCCCCCCCCCC. The Balaban J connectivity index is 4.26. The van der Waals surface area contributed by atoms with Crippen LogP contribution in [0.5, 0.6) is 0 Å². The molecule has 0 bridgehead atoms. The Kier molecular flexibility index (Phi) is 46.3. The summed E-state index contributed by atoms with van der Waals surface area (Å²) in [6, 6.07) is -0.621. The smallest absolute Gasteiger partial charge is 0.362 e. The van der Waals surface area contributed by atoms with E-state index in [1.807, 2.05) is 21.1 Å². The Morgan fingerprint density at radius 2 is 0.803 bits per heavy atom. The van der Waals surface area contributed by atoms with Gasteiger partial charge in [-0.15, -0.1) is 0 Å². The first-order valence-corrected chi connectivity index (χ1v) is 27.3. The number of carboxylic acids is 1. The highest BCUT2D eigenvalue weighted by atomic mass is 16.6. The van der Waals surface area contributed by atoms with E-state index in [-0.39, 0.29) is 36.2 Å². The minimum absolute atomic E-state index is 0.0520. The van der Waals surface area contributed by atoms with Crippen LogP contribution in [0, 0.1) is 0 Å². The molecule has 0 saturated heterocycles. The third-order valence-electron chi connectivity index (χ3n) is 12.1. The van der Waals surface area contributed by atoms with E-state index in [1.165, 1.54) is 128 Å². The Hall–Kier alpha value is -2.97. The van der Waals surface area contributed by atoms with Crippen LogP contribution in [0.2, 0.25) is 0 Å². The Labute approximate surface area is 407 Å². The summed E-state index contributed by atoms with van der Waals surface area (Å²) in [5, 5.41) is 9.67. The molecule has 0 aromatic carbocycles. The van der Waals surface area contributed by atoms with Crippen LogP contribution in [0.3, 0.4) is 0 Å². The molecule has 8 nitrogen and oxygen atoms in total. The second-order valence-electron chi connectivity index (χ2n) is 19.5. The van der Waals surface area contributed by atoms with Crippen LogP contribution in [0.25, 0.3) is 0 Å². The van der Waals surface area contributed by atoms with Gasteiger partial charge in [0.15, 0.2) is 12.1 Å². The van der Waals surface area contributed by atoms with Crippen LogP contribution >= 0.6 is 0 Å². The highest BCUT2D eigenvalue weighted by Crippen LogP contribution is 2.15. The van der Waals surface area contributed by atoms with Crippen LogP contribution < -0.4 is 0 Å². The number of quaternary nitrogens is 1. The van der Waals surface area contributed by atoms with Crippen molar-refractivity contribution in [2.24, 2.45) is 0 Å². The average Bonchev–Trinajstić information content (AvgIpc) is 3.28. The van der Waals surface area contributed by atoms with Crippen LogP contribution in [0.1, 0.15) is 239 Å². The van der Waals surface area contributed by atoms with E-state index in [9.17, 15) is 19.5 Å². The van der Waals surface area contributed by atoms with Gasteiger partial charge in [0.05, 0.1) is 34.4 Å². The monoisotopic (exact) mass is 927 g/mol. The molecule has 0 radical (unpaired) electrons. The summed E-state index contributed by atoms with van der Waals surface area (Å²) < 4.78 is 17.4. The van der Waals surface area contributed by atoms with Gasteiger partial charge < -0.3 is 23.8 Å². The predicted molar refractivity (Wildman–Crippen MR) is 280 cm³/mol. The van der Waals surface area contributed by atoms with E-state index in [2.05, 4.69) is 74.6 Å². The van der Waals surface area contributed by atoms with E-state index < -0.39 is 18.1 Å². The first-order chi connectivity index (χ1) is 32.1. The summed E-state index contributed by atoms with van der Waals surface area (Å²) in [6.07, 6.45) is 61.3. The second kappa shape index (κ2) is 48.5. The topological polar surface area (TPSA) is 99.1 Å². The van der Waals surface area contributed by atoms with Crippen molar-refractivity contribution in [1.82, 2.24) is 0 Å². The van der Waals surface area contributed by atoms with Gasteiger partial charge in [-0.2, -0.15) is 0 Å². The summed E-state index contributed by atoms with van der Waals surface area (Å²) >= 11 is 0. The molecule has 2 unspecified atom stereocenters. The van der Waals surface area contributed by atoms with Crippen molar-refractivity contribution in [2.75, 3.05) is 41.0 Å². The van der Waals surface area contributed by atoms with Crippen LogP contribution in [0.15, 0.2) is 60.8 Å². The highest BCUT2D eigenvalue weighted by molar-refractivity contribution is 5.72. The summed E-state index contributed by atoms with van der Waals surface area (Å²) in [5.74, 6) is -1.49. The van der Waals surface area contributed by atoms with Crippen molar-refractivity contribution in [2.45, 2.75) is 251 Å². The molecule has 0 aromatic rings. The number of carboxylic acid groups (broad SMARTS) is 1. The van der Waals surface area contributed by atoms with Gasteiger partial charge in [-0.25, -0.2) is 4.79 Å². The molecule has 0 aromatic heterocycles. The molecule has 0 aliphatic rings. The number of allylic oxidation sites excluding steroid dienone is 10. The Morgan fingerprint density at radius 3 is 1.23 bits per heavy atom. The summed E-state index contributed by atoms with van der Waals surface area (Å²) in [6.45, 7) is 4.71. The molecular weight excluding hydrogens is 823 g/mol. The lowest BCUT2D eigenvalue weighted by atomic mass is 10.1. The zero-order valence-electron chi connectivity index (χ0n) is 43.6. The van der Waals surface area contributed by atoms with Crippen LogP contribution in [-0.2, 0) is 28.6 Å². The Bertz CT molecular complexity index is 1260. The molecule has 8 heteroatoms. The molecule has 1 N–H and O–H groups in total. The number of likely N-dealkylation sites (N-methyl/N-ethyl adjacent to an activating group) is 1. The van der Waals surface area contributed by atoms with Crippen molar-refractivity contribution < 1.29 is 38.2 Å². The number of carbonyl (C=O) groups excluding carboxylic acids is 2. The van der Waals surface area contributed by atoms with Crippen molar-refractivity contribution in [3.05, 3.63) is 60.8 Å². The molecule has 0 fully saturated rings. The average molecular weight is 927 g/mol. The molecule has 0 amide bonds. The standard InChI is InChI=1S/C58H103NO7/c1-6-8-10-12-14-16-18-20-22-24-26-28-30-32-34-36-38-40-42-44-46-48-56(60)65-53-54(52-64-51-50-55(58(62)63)59(3,4)5)66-57(61)49-47-45-43-41-39-37-35-33-31-29-27-25-23-21-19-17-15-13-11-9-7-2/h14,16,20,22,26,28-29,31-32,34,54-55H,6-13,15,17-19,21,23-25,27,30,33,35-53H2,1-5H3/p+1/b16-14+,22-20+,28-26+,31-29+,34-32+. The van der Waals surface area contributed by atoms with Crippen molar-refractivity contribution >= 4 is 17.9 Å². The molecular formula is C58H104NO7+. The van der Waals surface area contributed by atoms with Gasteiger partial charge in [-0.1, -0.05) is 197 Å². The van der Waals surface area contributed by atoms with Gasteiger partial charge in [-0.3, -0.25) is 9.59 Å². The first-order valence-electron chi connectivity index (χ1n) is 27.3. The maximum atomic E-state index is 12.8. The zero-order chi connectivity index (χ0) is 48.4. The molecule has 2 atom stereocenters. The lowest BCUT2D eigenvalue weighted by Gasteiger charge is -2.31. The normalized spacial score (nSPS) is 13.3. The fourth-order valence-corrected chi connectivity index (χ4v) is 7.89. The summed E-state index contributed by atoms with van der Waals surface area (Å²) in [7, 11) is 5.53. The number of hydrogen-bond acceptors (Lipinski definition) is 6. The molecule has 0 saturated carbocycles. The summed E-state index contributed by atoms with van der Waals surface area (Å²) in [5.41, 5.74) is 0. The first kappa shape index (κ1) is 63.0. The van der Waals surface area contributed by atoms with E-state index in [0.717, 1.165) is 77.0 Å². The van der Waals surface area contributed by atoms with Gasteiger partial charge in [0.1, 0.15) is 6.61 Å². The number of aliphatic carboxylic acids is 1. The molecule has 0 rings (SSSR count). The predicted octanol–water partition coefficient (Wildman–Crippen LogP) is 16.1. The second-order valence-corrected chi connectivity index (χ2v) is 19.5. The summed E-state index contributed by atoms with van der Waals surface area (Å²) in [4.78, 5) is 37.2. The molecule has 0 aliphatic heterocycles. The number of nitrogens with zero attached hydrogens (tertiary/aromatic N) is 1. The van der Waals surface area contributed by atoms with Gasteiger partial charge in [-0.05, 0) is 83.5 Å². The third kappa shape index (κ3) is 46.2. The van der Waals surface area contributed by atoms with Crippen LogP contribution in [0.4, 0.5) is 0 Å². The van der Waals surface area contributed by atoms with Gasteiger partial charge >= 0.3 is 17.9 Å². The lowest BCUT2D eigenvalue weighted by Crippen LogP contribution is -2.50. The fourth-order valence-electron chi connectivity index (χ4n) is 7.89. The van der Waals surface area contributed by atoms with Crippen molar-refractivity contribution in [1.29, 1.82) is 0 Å². The van der Waals surface area contributed by atoms with Crippen molar-refractivity contribution in [3.8, 4) is 0 Å². The largest absolute Gasteiger partial charge is 0.477 e. The van der Waals surface area contributed by atoms with E-state index in [1.54, 1.807) is 0 Å². The van der Waals surface area contributed by atoms with E-state index in [0.29, 0.717) is 19.3 Å². The number of hydrogen-bond donors (Lipinski definition) is 1. The third-order valence-corrected chi connectivity index (χ3v) is 12.1. The molecule has 66 heavy (non-hydrogen) atoms. The minimum atomic E-state index is -0.878. The molecule has 382 valence electrons. The lowest BCUT2D eigenvalue weighted by molar-refractivity contribution is -0.887. The molecule has 0 heterocycles. The maximum absolute atomic E-state index is 12.8. The van der Waals surface area contributed by atoms with E-state index >= 15 is 0 Å². The molecule has 0 spiro atoms. The zero-order valence-corrected chi connectivity index (χ0v) is 43.6. The number of rotatable bonds is 49. The number of ether oxygens (including phenoxy) is 3. The highest BCUT2D eigenvalue weighted by Gasteiger charge is 2.31. The number of carbonyl (C=O) groups is 3. The quantitative estimate of drug-likeness (QED) is 0.0281. The maximum Gasteiger partial charge on any atom is 0.362 e. The van der Waals surface area contributed by atoms with E-state index in [4.69, 9.17) is 14.2 Å². The van der Waals surface area contributed by atoms with Gasteiger partial charge in [0.2, 0.25) is 0 Å². The van der Waals surface area contributed by atoms with Gasteiger partial charge in [0.25, 0.3) is 0 Å². The Morgan fingerprint density at radius 1 is 0.455 bits per heavy atom. The number of unbranched alkanes of at least 4 members (excludes halogenated alkanes) is 25. The molecule has 0 aliphatic carbocycles. The van der Waals surface area contributed by atoms with Crippen molar-refractivity contribution in [3.63, 3.8) is 0 Å².